The molecule has 14 heavy (non-hydrogen) atoms. The average Bonchev–Trinajstić information content (AvgIpc) is 2.77. The number of benzene rings is 1. The van der Waals surface area contributed by atoms with Crippen molar-refractivity contribution in [3.63, 3.8) is 0 Å². The van der Waals surface area contributed by atoms with Crippen LogP contribution in [0.4, 0.5) is 0 Å². The zero-order chi connectivity index (χ0) is 9.71. The van der Waals surface area contributed by atoms with Gasteiger partial charge in [0.2, 0.25) is 0 Å². The normalized spacial score (nSPS) is 26.6. The SMILES string of the molecule is O=Cc1cc2c(cc1Br)C1C=CC2C1. The summed E-state index contributed by atoms with van der Waals surface area (Å²) in [5.74, 6) is 1.15. The van der Waals surface area contributed by atoms with E-state index in [1.807, 2.05) is 6.07 Å². The largest absolute Gasteiger partial charge is 0.298 e. The van der Waals surface area contributed by atoms with Gasteiger partial charge in [-0.3, -0.25) is 4.79 Å². The number of halogens is 1. The second kappa shape index (κ2) is 2.80. The van der Waals surface area contributed by atoms with Crippen molar-refractivity contribution >= 4 is 22.2 Å². The van der Waals surface area contributed by atoms with Crippen molar-refractivity contribution in [2.75, 3.05) is 0 Å². The second-order valence-electron chi connectivity index (χ2n) is 3.95. The van der Waals surface area contributed by atoms with Crippen LogP contribution in [0.5, 0.6) is 0 Å². The van der Waals surface area contributed by atoms with Gasteiger partial charge in [-0.25, -0.2) is 0 Å². The summed E-state index contributed by atoms with van der Waals surface area (Å²) in [5.41, 5.74) is 3.52. The molecule has 0 saturated heterocycles. The first kappa shape index (κ1) is 8.42. The Morgan fingerprint density at radius 2 is 1.86 bits per heavy atom. The number of carbonyl (C=O) groups is 1. The molecule has 1 aromatic rings. The zero-order valence-electron chi connectivity index (χ0n) is 7.53. The Morgan fingerprint density at radius 1 is 1.21 bits per heavy atom. The molecule has 0 amide bonds. The molecule has 0 saturated carbocycles. The number of rotatable bonds is 1. The molecular formula is C12H9BrO. The average molecular weight is 249 g/mol. The standard InChI is InChI=1S/C12H9BrO/c13-12-5-11-8-2-1-7(3-8)10(11)4-9(12)6-14/h1-2,4-8H,3H2. The molecule has 2 heteroatoms. The third-order valence-electron chi connectivity index (χ3n) is 3.21. The lowest BCUT2D eigenvalue weighted by molar-refractivity contribution is 0.112. The van der Waals surface area contributed by atoms with Gasteiger partial charge in [-0.1, -0.05) is 28.1 Å². The summed E-state index contributed by atoms with van der Waals surface area (Å²) in [4.78, 5) is 10.8. The Morgan fingerprint density at radius 3 is 2.50 bits per heavy atom. The van der Waals surface area contributed by atoms with Gasteiger partial charge in [0.15, 0.2) is 6.29 Å². The predicted octanol–water partition coefficient (Wildman–Crippen LogP) is 3.40. The van der Waals surface area contributed by atoms with Gasteiger partial charge in [0.05, 0.1) is 0 Å². The van der Waals surface area contributed by atoms with E-state index in [1.165, 1.54) is 17.5 Å². The van der Waals surface area contributed by atoms with E-state index >= 15 is 0 Å². The molecule has 0 aliphatic heterocycles. The molecule has 1 aromatic carbocycles. The summed E-state index contributed by atoms with van der Waals surface area (Å²) in [7, 11) is 0. The summed E-state index contributed by atoms with van der Waals surface area (Å²) in [6, 6.07) is 4.13. The number of allylic oxidation sites excluding steroid dienone is 2. The monoisotopic (exact) mass is 248 g/mol. The third-order valence-corrected chi connectivity index (χ3v) is 3.90. The van der Waals surface area contributed by atoms with Crippen LogP contribution < -0.4 is 0 Å². The zero-order valence-corrected chi connectivity index (χ0v) is 9.12. The highest BCUT2D eigenvalue weighted by atomic mass is 79.9. The molecule has 2 unspecified atom stereocenters. The smallest absolute Gasteiger partial charge is 0.151 e. The molecule has 2 bridgehead atoms. The van der Waals surface area contributed by atoms with Crippen LogP contribution in [0.2, 0.25) is 0 Å². The van der Waals surface area contributed by atoms with Crippen molar-refractivity contribution in [3.8, 4) is 0 Å². The fourth-order valence-corrected chi connectivity index (χ4v) is 2.97. The van der Waals surface area contributed by atoms with E-state index in [2.05, 4.69) is 34.1 Å². The van der Waals surface area contributed by atoms with Crippen LogP contribution in [0, 0.1) is 0 Å². The van der Waals surface area contributed by atoms with E-state index in [-0.39, 0.29) is 0 Å². The Kier molecular flexibility index (Phi) is 1.68. The quantitative estimate of drug-likeness (QED) is 0.550. The number of hydrogen-bond donors (Lipinski definition) is 0. The lowest BCUT2D eigenvalue weighted by Crippen LogP contribution is -1.95. The molecule has 0 spiro atoms. The van der Waals surface area contributed by atoms with Gasteiger partial charge < -0.3 is 0 Å². The molecule has 2 atom stereocenters. The van der Waals surface area contributed by atoms with Crippen molar-refractivity contribution in [2.24, 2.45) is 0 Å². The van der Waals surface area contributed by atoms with E-state index in [9.17, 15) is 4.79 Å². The number of hydrogen-bond acceptors (Lipinski definition) is 1. The summed E-state index contributed by atoms with van der Waals surface area (Å²) in [6.07, 6.45) is 6.65. The van der Waals surface area contributed by atoms with E-state index in [1.54, 1.807) is 0 Å². The minimum atomic E-state index is 0.557. The fourth-order valence-electron chi connectivity index (χ4n) is 2.52. The summed E-state index contributed by atoms with van der Waals surface area (Å²) in [6.45, 7) is 0. The van der Waals surface area contributed by atoms with E-state index in [0.29, 0.717) is 11.8 Å². The molecule has 2 aliphatic carbocycles. The predicted molar refractivity (Wildman–Crippen MR) is 58.8 cm³/mol. The second-order valence-corrected chi connectivity index (χ2v) is 4.81. The molecule has 0 aromatic heterocycles. The first-order chi connectivity index (χ1) is 6.79. The lowest BCUT2D eigenvalue weighted by Gasteiger charge is -2.11. The minimum Gasteiger partial charge on any atom is -0.298 e. The van der Waals surface area contributed by atoms with Crippen LogP contribution in [0.15, 0.2) is 28.8 Å². The molecule has 2 aliphatic rings. The Bertz CT molecular complexity index is 448. The molecule has 0 fully saturated rings. The highest BCUT2D eigenvalue weighted by Gasteiger charge is 2.32. The van der Waals surface area contributed by atoms with Gasteiger partial charge >= 0.3 is 0 Å². The maximum absolute atomic E-state index is 10.8. The first-order valence-electron chi connectivity index (χ1n) is 4.76. The Balaban J connectivity index is 2.23. The Hall–Kier alpha value is -0.890. The highest BCUT2D eigenvalue weighted by Crippen LogP contribution is 2.49. The third kappa shape index (κ3) is 0.976. The molecule has 0 radical (unpaired) electrons. The summed E-state index contributed by atoms with van der Waals surface area (Å²) >= 11 is 3.43. The van der Waals surface area contributed by atoms with E-state index < -0.39 is 0 Å². The van der Waals surface area contributed by atoms with Crippen molar-refractivity contribution < 1.29 is 4.79 Å². The van der Waals surface area contributed by atoms with Crippen molar-refractivity contribution in [3.05, 3.63) is 45.4 Å². The van der Waals surface area contributed by atoms with Gasteiger partial charge in [-0.15, -0.1) is 0 Å². The van der Waals surface area contributed by atoms with Crippen LogP contribution in [0.3, 0.4) is 0 Å². The van der Waals surface area contributed by atoms with Crippen LogP contribution >= 0.6 is 15.9 Å². The number of fused-ring (bicyclic) bond motifs is 5. The lowest BCUT2D eigenvalue weighted by atomic mass is 9.95. The van der Waals surface area contributed by atoms with Crippen LogP contribution in [-0.4, -0.2) is 6.29 Å². The molecule has 70 valence electrons. The van der Waals surface area contributed by atoms with Gasteiger partial charge in [0.1, 0.15) is 0 Å². The van der Waals surface area contributed by atoms with Crippen molar-refractivity contribution in [1.82, 2.24) is 0 Å². The number of carbonyl (C=O) groups excluding carboxylic acids is 1. The van der Waals surface area contributed by atoms with Gasteiger partial charge in [0.25, 0.3) is 0 Å². The van der Waals surface area contributed by atoms with Gasteiger partial charge in [0, 0.05) is 21.9 Å². The van der Waals surface area contributed by atoms with Gasteiger partial charge in [-0.05, 0) is 29.7 Å². The molecule has 3 rings (SSSR count). The number of aldehydes is 1. The molecule has 0 heterocycles. The maximum atomic E-state index is 10.8. The van der Waals surface area contributed by atoms with Crippen LogP contribution in [-0.2, 0) is 0 Å². The Labute approximate surface area is 90.9 Å². The van der Waals surface area contributed by atoms with E-state index in [4.69, 9.17) is 0 Å². The maximum Gasteiger partial charge on any atom is 0.151 e. The highest BCUT2D eigenvalue weighted by molar-refractivity contribution is 9.10. The summed E-state index contributed by atoms with van der Waals surface area (Å²) in [5, 5.41) is 0. The topological polar surface area (TPSA) is 17.1 Å². The van der Waals surface area contributed by atoms with Crippen molar-refractivity contribution in [1.29, 1.82) is 0 Å². The van der Waals surface area contributed by atoms with Crippen LogP contribution in [0.25, 0.3) is 0 Å². The van der Waals surface area contributed by atoms with Crippen molar-refractivity contribution in [2.45, 2.75) is 18.3 Å². The summed E-state index contributed by atoms with van der Waals surface area (Å²) < 4.78 is 0.923. The molecule has 1 nitrogen and oxygen atoms in total. The fraction of sp³-hybridized carbons (Fsp3) is 0.250. The minimum absolute atomic E-state index is 0.557. The van der Waals surface area contributed by atoms with Crippen LogP contribution in [0.1, 0.15) is 39.7 Å². The van der Waals surface area contributed by atoms with E-state index in [0.717, 1.165) is 16.3 Å². The molecule has 0 N–H and O–H groups in total. The first-order valence-corrected chi connectivity index (χ1v) is 5.55. The van der Waals surface area contributed by atoms with Gasteiger partial charge in [-0.2, -0.15) is 0 Å². The molecular weight excluding hydrogens is 240 g/mol.